The Kier molecular flexibility index (Phi) is 9.60. The molecule has 3 aromatic rings. The molecule has 1 aliphatic heterocycles. The summed E-state index contributed by atoms with van der Waals surface area (Å²) in [6.07, 6.45) is 5.19. The topological polar surface area (TPSA) is 122 Å². The predicted molar refractivity (Wildman–Crippen MR) is 157 cm³/mol. The molecule has 8 nitrogen and oxygen atoms in total. The Labute approximate surface area is 237 Å². The number of nitrogens with one attached hydrogen (secondary N) is 2. The number of amides is 2. The third kappa shape index (κ3) is 6.89. The summed E-state index contributed by atoms with van der Waals surface area (Å²) >= 11 is 0. The second-order valence-corrected chi connectivity index (χ2v) is 12.1. The molecule has 2 atom stereocenters. The van der Waals surface area contributed by atoms with Crippen LogP contribution in [0.25, 0.3) is 0 Å². The molecule has 1 fully saturated rings. The minimum atomic E-state index is -3.92. The zero-order valence-corrected chi connectivity index (χ0v) is 23.9. The van der Waals surface area contributed by atoms with E-state index in [9.17, 15) is 18.0 Å². The van der Waals surface area contributed by atoms with Gasteiger partial charge in [0.15, 0.2) is 0 Å². The Hall–Kier alpha value is -3.69. The van der Waals surface area contributed by atoms with Crippen molar-refractivity contribution in [2.45, 2.75) is 62.7 Å². The molecule has 1 heterocycles. The third-order valence-electron chi connectivity index (χ3n) is 7.50. The van der Waals surface area contributed by atoms with Gasteiger partial charge in [-0.1, -0.05) is 61.4 Å². The number of carbonyl (C=O) groups excluding carboxylic acids is 2. The summed E-state index contributed by atoms with van der Waals surface area (Å²) in [5.74, 6) is -1.74. The molecule has 1 saturated heterocycles. The van der Waals surface area contributed by atoms with E-state index >= 15 is 0 Å². The fourth-order valence-corrected chi connectivity index (χ4v) is 6.27. The molecular weight excluding hydrogens is 524 g/mol. The number of aryl methyl sites for hydroxylation is 1. The fourth-order valence-electron chi connectivity index (χ4n) is 5.44. The number of hydrogen-bond acceptors (Lipinski definition) is 5. The molecule has 0 aromatic heterocycles. The van der Waals surface area contributed by atoms with Gasteiger partial charge in [0.25, 0.3) is 15.9 Å². The highest BCUT2D eigenvalue weighted by molar-refractivity contribution is 7.89. The van der Waals surface area contributed by atoms with Gasteiger partial charge in [-0.15, -0.1) is 4.83 Å². The average molecular weight is 563 g/mol. The number of sulfonamides is 1. The second-order valence-electron chi connectivity index (χ2n) is 10.4. The molecule has 0 saturated carbocycles. The Morgan fingerprint density at radius 3 is 2.20 bits per heavy atom. The molecule has 0 aliphatic carbocycles. The van der Waals surface area contributed by atoms with Gasteiger partial charge in [-0.05, 0) is 74.1 Å². The first kappa shape index (κ1) is 29.3. The summed E-state index contributed by atoms with van der Waals surface area (Å²) in [4.78, 5) is 30.2. The van der Waals surface area contributed by atoms with Gasteiger partial charge in [0, 0.05) is 30.3 Å². The first-order chi connectivity index (χ1) is 19.2. The monoisotopic (exact) mass is 562 g/mol. The standard InChI is InChI=1S/C31H38N4O4S/c1-3-9-27(26-10-5-6-11-28(26)35-20-7-4-8-21-35)29(30(32)36)23-14-16-24(17-15-23)31(37)33-34-40(38,39)25-18-12-22(2)13-19-25/h5-6,10-19,27,29,34H,3-4,7-9,20-21H2,1-2H3,(H2,32,36)(H,33,37). The smallest absolute Gasteiger partial charge is 0.266 e. The highest BCUT2D eigenvalue weighted by atomic mass is 32.2. The minimum absolute atomic E-state index is 0.0462. The van der Waals surface area contributed by atoms with E-state index in [0.29, 0.717) is 0 Å². The number of hydrazine groups is 1. The van der Waals surface area contributed by atoms with E-state index in [0.717, 1.165) is 61.2 Å². The molecule has 0 spiro atoms. The van der Waals surface area contributed by atoms with Gasteiger partial charge in [-0.25, -0.2) is 8.42 Å². The zero-order valence-electron chi connectivity index (χ0n) is 23.1. The largest absolute Gasteiger partial charge is 0.371 e. The number of para-hydroxylation sites is 1. The minimum Gasteiger partial charge on any atom is -0.371 e. The van der Waals surface area contributed by atoms with E-state index < -0.39 is 27.8 Å². The van der Waals surface area contributed by atoms with Crippen molar-refractivity contribution < 1.29 is 18.0 Å². The number of benzene rings is 3. The van der Waals surface area contributed by atoms with Crippen LogP contribution in [-0.4, -0.2) is 33.3 Å². The summed E-state index contributed by atoms with van der Waals surface area (Å²) in [6, 6.07) is 21.2. The Morgan fingerprint density at radius 1 is 0.925 bits per heavy atom. The van der Waals surface area contributed by atoms with Crippen molar-refractivity contribution in [1.29, 1.82) is 0 Å². The van der Waals surface area contributed by atoms with Crippen molar-refractivity contribution in [3.8, 4) is 0 Å². The van der Waals surface area contributed by atoms with E-state index in [1.165, 1.54) is 18.6 Å². The van der Waals surface area contributed by atoms with Crippen molar-refractivity contribution in [3.63, 3.8) is 0 Å². The summed E-state index contributed by atoms with van der Waals surface area (Å²) in [5, 5.41) is 0. The number of piperidine rings is 1. The Bertz CT molecular complexity index is 1420. The molecule has 0 bridgehead atoms. The summed E-state index contributed by atoms with van der Waals surface area (Å²) in [5.41, 5.74) is 12.4. The molecule has 4 rings (SSSR count). The normalized spacial score (nSPS) is 15.3. The number of nitrogens with two attached hydrogens (primary N) is 1. The lowest BCUT2D eigenvalue weighted by Gasteiger charge is -2.34. The lowest BCUT2D eigenvalue weighted by atomic mass is 9.77. The fraction of sp³-hybridized carbons (Fsp3) is 0.355. The number of anilines is 1. The molecule has 2 amide bonds. The number of rotatable bonds is 11. The third-order valence-corrected chi connectivity index (χ3v) is 8.77. The van der Waals surface area contributed by atoms with E-state index in [1.807, 2.05) is 19.1 Å². The number of nitrogens with zero attached hydrogens (tertiary/aromatic N) is 1. The van der Waals surface area contributed by atoms with Gasteiger partial charge in [0.2, 0.25) is 5.91 Å². The van der Waals surface area contributed by atoms with Gasteiger partial charge < -0.3 is 10.6 Å². The summed E-state index contributed by atoms with van der Waals surface area (Å²) in [6.45, 7) is 5.94. The molecule has 3 aromatic carbocycles. The summed E-state index contributed by atoms with van der Waals surface area (Å²) in [7, 11) is -3.92. The van der Waals surface area contributed by atoms with Crippen molar-refractivity contribution in [1.82, 2.24) is 10.3 Å². The van der Waals surface area contributed by atoms with Crippen LogP contribution in [-0.2, 0) is 14.8 Å². The van der Waals surface area contributed by atoms with E-state index in [1.54, 1.807) is 36.4 Å². The van der Waals surface area contributed by atoms with Gasteiger partial charge >= 0.3 is 0 Å². The van der Waals surface area contributed by atoms with Crippen LogP contribution in [0.15, 0.2) is 77.7 Å². The van der Waals surface area contributed by atoms with Crippen molar-refractivity contribution in [2.75, 3.05) is 18.0 Å². The summed E-state index contributed by atoms with van der Waals surface area (Å²) < 4.78 is 25.1. The van der Waals surface area contributed by atoms with Crippen LogP contribution >= 0.6 is 0 Å². The maximum absolute atomic E-state index is 12.9. The van der Waals surface area contributed by atoms with Crippen molar-refractivity contribution >= 4 is 27.5 Å². The maximum atomic E-state index is 12.9. The van der Waals surface area contributed by atoms with Gasteiger partial charge in [0.1, 0.15) is 0 Å². The van der Waals surface area contributed by atoms with E-state index in [2.05, 4.69) is 34.2 Å². The van der Waals surface area contributed by atoms with Crippen LogP contribution in [0.2, 0.25) is 0 Å². The van der Waals surface area contributed by atoms with Crippen LogP contribution < -0.4 is 20.9 Å². The second kappa shape index (κ2) is 13.1. The molecule has 4 N–H and O–H groups in total. The highest BCUT2D eigenvalue weighted by Gasteiger charge is 2.32. The number of primary amides is 1. The average Bonchev–Trinajstić information content (AvgIpc) is 2.96. The molecule has 0 radical (unpaired) electrons. The molecule has 1 aliphatic rings. The SMILES string of the molecule is CCCC(c1ccccc1N1CCCCC1)C(C(N)=O)c1ccc(C(=O)NNS(=O)(=O)c2ccc(C)cc2)cc1. The quantitative estimate of drug-likeness (QED) is 0.291. The van der Waals surface area contributed by atoms with Crippen LogP contribution in [0.3, 0.4) is 0 Å². The number of carbonyl (C=O) groups is 2. The van der Waals surface area contributed by atoms with Gasteiger partial charge in [-0.3, -0.25) is 15.0 Å². The van der Waals surface area contributed by atoms with E-state index in [-0.39, 0.29) is 16.4 Å². The predicted octanol–water partition coefficient (Wildman–Crippen LogP) is 4.76. The van der Waals surface area contributed by atoms with Crippen LogP contribution in [0.1, 0.15) is 77.9 Å². The van der Waals surface area contributed by atoms with Crippen molar-refractivity contribution in [3.05, 3.63) is 95.1 Å². The lowest BCUT2D eigenvalue weighted by Crippen LogP contribution is -2.41. The van der Waals surface area contributed by atoms with E-state index in [4.69, 9.17) is 5.73 Å². The Morgan fingerprint density at radius 2 is 1.57 bits per heavy atom. The van der Waals surface area contributed by atoms with Crippen LogP contribution in [0, 0.1) is 6.92 Å². The molecule has 212 valence electrons. The van der Waals surface area contributed by atoms with Crippen LogP contribution in [0.4, 0.5) is 5.69 Å². The first-order valence-corrected chi connectivity index (χ1v) is 15.3. The molecule has 9 heteroatoms. The van der Waals surface area contributed by atoms with Gasteiger partial charge in [-0.2, -0.15) is 0 Å². The first-order valence-electron chi connectivity index (χ1n) is 13.8. The molecule has 2 unspecified atom stereocenters. The zero-order chi connectivity index (χ0) is 28.7. The molecular formula is C31H38N4O4S. The lowest BCUT2D eigenvalue weighted by molar-refractivity contribution is -0.120. The molecule has 40 heavy (non-hydrogen) atoms. The number of hydrogen-bond donors (Lipinski definition) is 3. The van der Waals surface area contributed by atoms with Crippen molar-refractivity contribution in [2.24, 2.45) is 5.73 Å². The van der Waals surface area contributed by atoms with Gasteiger partial charge in [0.05, 0.1) is 10.8 Å². The van der Waals surface area contributed by atoms with Crippen LogP contribution in [0.5, 0.6) is 0 Å². The highest BCUT2D eigenvalue weighted by Crippen LogP contribution is 2.41. The Balaban J connectivity index is 1.55. The maximum Gasteiger partial charge on any atom is 0.266 e.